The summed E-state index contributed by atoms with van der Waals surface area (Å²) in [6, 6.07) is 8.73. The molecule has 1 heterocycles. The first kappa shape index (κ1) is 18.8. The van der Waals surface area contributed by atoms with Gasteiger partial charge in [0.15, 0.2) is 0 Å². The zero-order chi connectivity index (χ0) is 19.8. The number of alkyl halides is 3. The zero-order valence-electron chi connectivity index (χ0n) is 13.8. The number of nitrogens with zero attached hydrogens (tertiary/aromatic N) is 3. The lowest BCUT2D eigenvalue weighted by molar-refractivity contribution is -0.385. The first-order valence-electron chi connectivity index (χ1n) is 7.70. The number of hydrogen-bond donors (Lipinski definition) is 1. The van der Waals surface area contributed by atoms with E-state index >= 15 is 0 Å². The summed E-state index contributed by atoms with van der Waals surface area (Å²) in [5, 5.41) is 14.6. The molecule has 3 aromatic rings. The third kappa shape index (κ3) is 4.08. The van der Waals surface area contributed by atoms with Gasteiger partial charge in [-0.2, -0.15) is 13.2 Å². The summed E-state index contributed by atoms with van der Waals surface area (Å²) in [6.07, 6.45) is -4.70. The molecule has 0 aliphatic carbocycles. The number of para-hydroxylation sites is 1. The molecule has 0 saturated heterocycles. The molecule has 3 rings (SSSR count). The van der Waals surface area contributed by atoms with Crippen molar-refractivity contribution in [1.29, 1.82) is 0 Å². The number of non-ortho nitro benzene ring substituents is 1. The number of nitrogens with one attached hydrogen (secondary N) is 1. The van der Waals surface area contributed by atoms with Gasteiger partial charge in [-0.25, -0.2) is 9.97 Å². The van der Waals surface area contributed by atoms with Gasteiger partial charge >= 0.3 is 6.18 Å². The number of fused-ring (bicyclic) bond motifs is 1. The summed E-state index contributed by atoms with van der Waals surface area (Å²) in [4.78, 5) is 18.3. The van der Waals surface area contributed by atoms with Crippen LogP contribution in [0.15, 0.2) is 42.5 Å². The van der Waals surface area contributed by atoms with Gasteiger partial charge < -0.3 is 5.32 Å². The number of nitro benzene ring substituents is 1. The van der Waals surface area contributed by atoms with E-state index in [1.807, 2.05) is 0 Å². The maximum absolute atomic E-state index is 13.1. The maximum atomic E-state index is 13.1. The third-order valence-electron chi connectivity index (χ3n) is 3.91. The number of aromatic nitrogens is 2. The highest BCUT2D eigenvalue weighted by Gasteiger charge is 2.33. The van der Waals surface area contributed by atoms with Crippen LogP contribution in [-0.2, 0) is 6.18 Å². The van der Waals surface area contributed by atoms with Gasteiger partial charge in [0.05, 0.1) is 22.0 Å². The number of anilines is 1. The lowest BCUT2D eigenvalue weighted by Gasteiger charge is -2.18. The van der Waals surface area contributed by atoms with Crippen molar-refractivity contribution >= 4 is 34.0 Å². The molecule has 0 amide bonds. The van der Waals surface area contributed by atoms with Gasteiger partial charge in [0.25, 0.3) is 5.69 Å². The van der Waals surface area contributed by atoms with Gasteiger partial charge in [0.1, 0.15) is 5.82 Å². The second-order valence-corrected chi connectivity index (χ2v) is 6.13. The quantitative estimate of drug-likeness (QED) is 0.363. The summed E-state index contributed by atoms with van der Waals surface area (Å²) in [5.74, 6) is 0.318. The molecule has 0 spiro atoms. The number of benzene rings is 2. The van der Waals surface area contributed by atoms with Crippen LogP contribution in [-0.4, -0.2) is 14.9 Å². The summed E-state index contributed by atoms with van der Waals surface area (Å²) < 4.78 is 39.2. The van der Waals surface area contributed by atoms with Crippen molar-refractivity contribution in [2.24, 2.45) is 0 Å². The Hall–Kier alpha value is -2.94. The highest BCUT2D eigenvalue weighted by atomic mass is 35.5. The molecule has 0 aliphatic rings. The van der Waals surface area contributed by atoms with Gasteiger partial charge in [0.2, 0.25) is 5.28 Å². The highest BCUT2D eigenvalue weighted by molar-refractivity contribution is 6.28. The summed E-state index contributed by atoms with van der Waals surface area (Å²) in [5.41, 5.74) is -1.08. The molecule has 0 radical (unpaired) electrons. The van der Waals surface area contributed by atoms with Crippen LogP contribution in [0.5, 0.6) is 0 Å². The Kier molecular flexibility index (Phi) is 4.88. The predicted molar refractivity (Wildman–Crippen MR) is 94.7 cm³/mol. The lowest BCUT2D eigenvalue weighted by atomic mass is 10.0. The molecule has 1 atom stereocenters. The van der Waals surface area contributed by atoms with E-state index in [1.54, 1.807) is 31.2 Å². The molecular formula is C17H12ClF3N4O2. The fourth-order valence-electron chi connectivity index (χ4n) is 2.60. The molecular weight excluding hydrogens is 385 g/mol. The van der Waals surface area contributed by atoms with Crippen molar-refractivity contribution in [3.05, 3.63) is 69.0 Å². The van der Waals surface area contributed by atoms with Gasteiger partial charge in [-0.3, -0.25) is 10.1 Å². The van der Waals surface area contributed by atoms with Crippen molar-refractivity contribution in [2.75, 3.05) is 5.32 Å². The van der Waals surface area contributed by atoms with Crippen LogP contribution in [0.1, 0.15) is 24.1 Å². The Bertz CT molecular complexity index is 1030. The molecule has 1 N–H and O–H groups in total. The van der Waals surface area contributed by atoms with E-state index in [2.05, 4.69) is 15.3 Å². The number of hydrogen-bond acceptors (Lipinski definition) is 5. The van der Waals surface area contributed by atoms with Gasteiger partial charge in [-0.05, 0) is 42.3 Å². The zero-order valence-corrected chi connectivity index (χ0v) is 14.5. The molecule has 6 nitrogen and oxygen atoms in total. The number of halogens is 4. The highest BCUT2D eigenvalue weighted by Crippen LogP contribution is 2.35. The first-order valence-corrected chi connectivity index (χ1v) is 8.08. The van der Waals surface area contributed by atoms with E-state index in [-0.39, 0.29) is 10.8 Å². The van der Waals surface area contributed by atoms with Crippen LogP contribution in [0.3, 0.4) is 0 Å². The lowest BCUT2D eigenvalue weighted by Crippen LogP contribution is -2.12. The SMILES string of the molecule is CC(Nc1nc(Cl)nc2ccccc12)c1cc([N+](=O)[O-])cc(C(F)(F)F)c1. The third-order valence-corrected chi connectivity index (χ3v) is 4.08. The normalized spacial score (nSPS) is 12.8. The second-order valence-electron chi connectivity index (χ2n) is 5.79. The van der Waals surface area contributed by atoms with Crippen LogP contribution < -0.4 is 5.32 Å². The van der Waals surface area contributed by atoms with E-state index in [1.165, 1.54) is 0 Å². The standard InChI is InChI=1S/C17H12ClF3N4O2/c1-9(10-6-11(17(19,20)21)8-12(7-10)25(26)27)22-15-13-4-2-3-5-14(13)23-16(18)24-15/h2-9H,1H3,(H,22,23,24). The van der Waals surface area contributed by atoms with Crippen molar-refractivity contribution in [1.82, 2.24) is 9.97 Å². The van der Waals surface area contributed by atoms with Gasteiger partial charge in [-0.1, -0.05) is 12.1 Å². The minimum Gasteiger partial charge on any atom is -0.363 e. The average Bonchev–Trinajstić information content (AvgIpc) is 2.60. The molecule has 2 aromatic carbocycles. The van der Waals surface area contributed by atoms with Crippen LogP contribution in [0, 0.1) is 10.1 Å². The smallest absolute Gasteiger partial charge is 0.363 e. The molecule has 27 heavy (non-hydrogen) atoms. The first-order chi connectivity index (χ1) is 12.6. The van der Waals surface area contributed by atoms with Crippen LogP contribution in [0.4, 0.5) is 24.7 Å². The average molecular weight is 397 g/mol. The topological polar surface area (TPSA) is 81.0 Å². The van der Waals surface area contributed by atoms with E-state index in [0.717, 1.165) is 12.1 Å². The second kappa shape index (κ2) is 6.99. The van der Waals surface area contributed by atoms with Crippen LogP contribution >= 0.6 is 11.6 Å². The molecule has 0 aliphatic heterocycles. The fraction of sp³-hybridized carbons (Fsp3) is 0.176. The predicted octanol–water partition coefficient (Wildman–Crippen LogP) is 5.38. The van der Waals surface area contributed by atoms with E-state index in [4.69, 9.17) is 11.6 Å². The molecule has 140 valence electrons. The fourth-order valence-corrected chi connectivity index (χ4v) is 2.78. The number of nitro groups is 1. The molecule has 1 unspecified atom stereocenters. The van der Waals surface area contributed by atoms with Crippen molar-refractivity contribution in [3.63, 3.8) is 0 Å². The molecule has 1 aromatic heterocycles. The Morgan fingerprint density at radius 1 is 1.19 bits per heavy atom. The Morgan fingerprint density at radius 3 is 2.56 bits per heavy atom. The number of rotatable bonds is 4. The summed E-state index contributed by atoms with van der Waals surface area (Å²) in [6.45, 7) is 1.57. The van der Waals surface area contributed by atoms with Crippen molar-refractivity contribution in [3.8, 4) is 0 Å². The molecule has 0 fully saturated rings. The minimum atomic E-state index is -4.70. The van der Waals surface area contributed by atoms with E-state index in [0.29, 0.717) is 22.8 Å². The summed E-state index contributed by atoms with van der Waals surface area (Å²) in [7, 11) is 0. The minimum absolute atomic E-state index is 0.0292. The molecule has 10 heteroatoms. The Labute approximate surface area is 156 Å². The van der Waals surface area contributed by atoms with E-state index in [9.17, 15) is 23.3 Å². The van der Waals surface area contributed by atoms with Crippen LogP contribution in [0.2, 0.25) is 5.28 Å². The van der Waals surface area contributed by atoms with Gasteiger partial charge in [-0.15, -0.1) is 0 Å². The maximum Gasteiger partial charge on any atom is 0.416 e. The largest absolute Gasteiger partial charge is 0.416 e. The van der Waals surface area contributed by atoms with Crippen molar-refractivity contribution < 1.29 is 18.1 Å². The van der Waals surface area contributed by atoms with Gasteiger partial charge in [0, 0.05) is 17.5 Å². The molecule has 0 bridgehead atoms. The van der Waals surface area contributed by atoms with Crippen molar-refractivity contribution in [2.45, 2.75) is 19.1 Å². The Balaban J connectivity index is 2.03. The summed E-state index contributed by atoms with van der Waals surface area (Å²) >= 11 is 5.90. The van der Waals surface area contributed by atoms with E-state index < -0.39 is 28.4 Å². The van der Waals surface area contributed by atoms with Crippen LogP contribution in [0.25, 0.3) is 10.9 Å². The Morgan fingerprint density at radius 2 is 1.89 bits per heavy atom. The monoisotopic (exact) mass is 396 g/mol. The molecule has 0 saturated carbocycles.